The summed E-state index contributed by atoms with van der Waals surface area (Å²) in [7, 11) is -1.06. The molecule has 46 heavy (non-hydrogen) atoms. The van der Waals surface area contributed by atoms with E-state index in [1.54, 1.807) is 0 Å². The van der Waals surface area contributed by atoms with Gasteiger partial charge in [-0.15, -0.1) is 0 Å². The molecule has 2 aliphatic rings. The van der Waals surface area contributed by atoms with Crippen LogP contribution in [0, 0.1) is 0 Å². The molecule has 0 spiro atoms. The van der Waals surface area contributed by atoms with Crippen LogP contribution in [-0.2, 0) is 18.6 Å². The van der Waals surface area contributed by atoms with Crippen molar-refractivity contribution in [2.75, 3.05) is 0 Å². The van der Waals surface area contributed by atoms with Gasteiger partial charge in [0.05, 0.1) is 11.2 Å². The Hall–Kier alpha value is -4.77. The van der Waals surface area contributed by atoms with Gasteiger partial charge in [0, 0.05) is 5.46 Å². The van der Waals surface area contributed by atoms with Gasteiger partial charge in [0.25, 0.3) is 0 Å². The topological polar surface area (TPSA) is 36.9 Å². The SMILES string of the molecule is C=C1OB(c2ccc3c(-c4ccccc4)cc4c5cc(B6OC(C)(C)C(C)(C)O6)ccc5c(-c5ccccc5)cc4c3c2)OC1=C. The van der Waals surface area contributed by atoms with Crippen LogP contribution in [0.4, 0.5) is 0 Å². The van der Waals surface area contributed by atoms with Gasteiger partial charge in [-0.25, -0.2) is 0 Å². The molecule has 0 amide bonds. The number of fused-ring (bicyclic) bond motifs is 5. The van der Waals surface area contributed by atoms with Gasteiger partial charge in [-0.2, -0.15) is 0 Å². The summed E-state index contributed by atoms with van der Waals surface area (Å²) in [5.74, 6) is 0.918. The Balaban J connectivity index is 1.45. The molecule has 0 aliphatic carbocycles. The minimum Gasteiger partial charge on any atom is -0.520 e. The first-order valence-corrected chi connectivity index (χ1v) is 15.7. The first-order valence-electron chi connectivity index (χ1n) is 15.7. The van der Waals surface area contributed by atoms with Gasteiger partial charge in [-0.1, -0.05) is 110 Å². The highest BCUT2D eigenvalue weighted by molar-refractivity contribution is 6.63. The summed E-state index contributed by atoms with van der Waals surface area (Å²) in [4.78, 5) is 0. The molecule has 0 radical (unpaired) electrons. The van der Waals surface area contributed by atoms with Gasteiger partial charge in [0.2, 0.25) is 0 Å². The number of hydrogen-bond donors (Lipinski definition) is 0. The van der Waals surface area contributed by atoms with Gasteiger partial charge in [0.15, 0.2) is 0 Å². The van der Waals surface area contributed by atoms with E-state index in [0.29, 0.717) is 11.5 Å². The van der Waals surface area contributed by atoms with Crippen molar-refractivity contribution in [3.05, 3.63) is 134 Å². The summed E-state index contributed by atoms with van der Waals surface area (Å²) in [6.45, 7) is 16.3. The van der Waals surface area contributed by atoms with Crippen LogP contribution < -0.4 is 10.9 Å². The lowest BCUT2D eigenvalue weighted by molar-refractivity contribution is 0.00578. The average Bonchev–Trinajstić information content (AvgIpc) is 3.52. The minimum atomic E-state index is -0.594. The predicted molar refractivity (Wildman–Crippen MR) is 191 cm³/mol. The third kappa shape index (κ3) is 4.55. The van der Waals surface area contributed by atoms with Gasteiger partial charge < -0.3 is 18.6 Å². The van der Waals surface area contributed by atoms with Crippen molar-refractivity contribution in [3.8, 4) is 22.3 Å². The van der Waals surface area contributed by atoms with E-state index in [0.717, 1.165) is 60.1 Å². The smallest absolute Gasteiger partial charge is 0.520 e. The third-order valence-electron chi connectivity index (χ3n) is 9.89. The highest BCUT2D eigenvalue weighted by Crippen LogP contribution is 2.42. The van der Waals surface area contributed by atoms with Crippen molar-refractivity contribution >= 4 is 57.5 Å². The standard InChI is InChI=1S/C40H34B2O4/c1-25-26(2)44-41(43-25)29-17-19-31-33(27-13-9-7-10-14-27)24-38-36-22-30(42-45-39(3,4)40(5,6)46-42)18-20-32(36)34(23-37(38)35(31)21-29)28-15-11-8-12-16-28/h7-24H,1-2H2,3-6H3. The normalized spacial score (nSPS) is 17.2. The summed E-state index contributed by atoms with van der Waals surface area (Å²) in [5, 5.41) is 6.87. The molecule has 2 saturated heterocycles. The van der Waals surface area contributed by atoms with Crippen molar-refractivity contribution in [1.29, 1.82) is 0 Å². The van der Waals surface area contributed by atoms with Crippen molar-refractivity contribution in [1.82, 2.24) is 0 Å². The zero-order valence-electron chi connectivity index (χ0n) is 26.6. The maximum atomic E-state index is 6.52. The Labute approximate surface area is 270 Å². The van der Waals surface area contributed by atoms with E-state index in [1.165, 1.54) is 5.39 Å². The lowest BCUT2D eigenvalue weighted by Crippen LogP contribution is -2.41. The van der Waals surface area contributed by atoms with Crippen LogP contribution in [0.1, 0.15) is 27.7 Å². The largest absolute Gasteiger partial charge is 0.632 e. The molecule has 6 aromatic carbocycles. The molecule has 6 heteroatoms. The molecule has 0 saturated carbocycles. The quantitative estimate of drug-likeness (QED) is 0.150. The van der Waals surface area contributed by atoms with E-state index in [-0.39, 0.29) is 0 Å². The number of hydrogen-bond acceptors (Lipinski definition) is 4. The van der Waals surface area contributed by atoms with Crippen LogP contribution in [-0.4, -0.2) is 25.4 Å². The third-order valence-corrected chi connectivity index (χ3v) is 9.89. The molecule has 2 heterocycles. The highest BCUT2D eigenvalue weighted by atomic mass is 16.7. The van der Waals surface area contributed by atoms with Crippen LogP contribution >= 0.6 is 0 Å². The Morgan fingerprint density at radius 2 is 0.848 bits per heavy atom. The summed E-state index contributed by atoms with van der Waals surface area (Å²) < 4.78 is 25.0. The fraction of sp³-hybridized carbons (Fsp3) is 0.150. The first kappa shape index (κ1) is 28.7. The first-order chi connectivity index (χ1) is 22.1. The molecule has 2 aliphatic heterocycles. The number of rotatable bonds is 4. The van der Waals surface area contributed by atoms with Gasteiger partial charge in [-0.3, -0.25) is 0 Å². The van der Waals surface area contributed by atoms with Crippen LogP contribution in [0.3, 0.4) is 0 Å². The van der Waals surface area contributed by atoms with E-state index in [2.05, 4.69) is 150 Å². The van der Waals surface area contributed by atoms with E-state index < -0.39 is 25.4 Å². The molecular weight excluding hydrogens is 566 g/mol. The molecule has 0 unspecified atom stereocenters. The fourth-order valence-corrected chi connectivity index (χ4v) is 6.62. The summed E-state index contributed by atoms with van der Waals surface area (Å²) in [6.07, 6.45) is 0. The molecule has 8 rings (SSSR count). The molecule has 0 N–H and O–H groups in total. The summed E-state index contributed by atoms with van der Waals surface area (Å²) in [5.41, 5.74) is 5.67. The average molecular weight is 600 g/mol. The Bertz CT molecular complexity index is 2170. The van der Waals surface area contributed by atoms with E-state index >= 15 is 0 Å². The highest BCUT2D eigenvalue weighted by Gasteiger charge is 2.51. The monoisotopic (exact) mass is 600 g/mol. The molecular formula is C40H34B2O4. The van der Waals surface area contributed by atoms with Crippen LogP contribution in [0.15, 0.2) is 134 Å². The molecule has 224 valence electrons. The molecule has 4 nitrogen and oxygen atoms in total. The second-order valence-corrected chi connectivity index (χ2v) is 13.3. The summed E-state index contributed by atoms with van der Waals surface area (Å²) in [6, 6.07) is 38.9. The van der Waals surface area contributed by atoms with Crippen LogP contribution in [0.5, 0.6) is 0 Å². The van der Waals surface area contributed by atoms with Crippen molar-refractivity contribution in [2.45, 2.75) is 38.9 Å². The fourth-order valence-electron chi connectivity index (χ4n) is 6.62. The molecule has 0 atom stereocenters. The predicted octanol–water partition coefficient (Wildman–Crippen LogP) is 8.55. The Kier molecular flexibility index (Phi) is 6.47. The zero-order valence-corrected chi connectivity index (χ0v) is 26.6. The van der Waals surface area contributed by atoms with E-state index in [4.69, 9.17) is 18.6 Å². The van der Waals surface area contributed by atoms with Gasteiger partial charge in [-0.05, 0) is 99.9 Å². The minimum absolute atomic E-state index is 0.436. The molecule has 6 aromatic rings. The molecule has 2 fully saturated rings. The van der Waals surface area contributed by atoms with Crippen LogP contribution in [0.2, 0.25) is 0 Å². The maximum Gasteiger partial charge on any atom is 0.632 e. The lowest BCUT2D eigenvalue weighted by Gasteiger charge is -2.32. The Morgan fingerprint density at radius 3 is 1.28 bits per heavy atom. The van der Waals surface area contributed by atoms with E-state index in [1.807, 2.05) is 0 Å². The zero-order chi connectivity index (χ0) is 31.8. The Morgan fingerprint density at radius 1 is 0.457 bits per heavy atom. The molecule has 0 bridgehead atoms. The van der Waals surface area contributed by atoms with Gasteiger partial charge >= 0.3 is 14.2 Å². The van der Waals surface area contributed by atoms with Crippen molar-refractivity contribution < 1.29 is 18.6 Å². The lowest BCUT2D eigenvalue weighted by atomic mass is 9.76. The van der Waals surface area contributed by atoms with Crippen molar-refractivity contribution in [2.24, 2.45) is 0 Å². The second-order valence-electron chi connectivity index (χ2n) is 13.3. The van der Waals surface area contributed by atoms with Crippen molar-refractivity contribution in [3.63, 3.8) is 0 Å². The van der Waals surface area contributed by atoms with Gasteiger partial charge in [0.1, 0.15) is 11.5 Å². The summed E-state index contributed by atoms with van der Waals surface area (Å²) >= 11 is 0. The van der Waals surface area contributed by atoms with E-state index in [9.17, 15) is 0 Å². The number of benzene rings is 6. The van der Waals surface area contributed by atoms with Crippen LogP contribution in [0.25, 0.3) is 54.6 Å². The maximum absolute atomic E-state index is 6.52. The second kappa shape index (κ2) is 10.4. The molecule has 0 aromatic heterocycles.